The summed E-state index contributed by atoms with van der Waals surface area (Å²) in [7, 11) is 1.95. The van der Waals surface area contributed by atoms with Crippen molar-refractivity contribution >= 4 is 5.69 Å². The van der Waals surface area contributed by atoms with Crippen LogP contribution in [0.3, 0.4) is 0 Å². The Balaban J connectivity index is 2.15. The molecule has 0 amide bonds. The molecule has 0 saturated carbocycles. The first kappa shape index (κ1) is 11.2. The average Bonchev–Trinajstić information content (AvgIpc) is 2.73. The van der Waals surface area contributed by atoms with Gasteiger partial charge in [0, 0.05) is 19.4 Å². The van der Waals surface area contributed by atoms with E-state index in [9.17, 15) is 0 Å². The highest BCUT2D eigenvalue weighted by atomic mass is 15.1. The fourth-order valence-electron chi connectivity index (χ4n) is 1.65. The van der Waals surface area contributed by atoms with Gasteiger partial charge in [0.15, 0.2) is 0 Å². The first-order chi connectivity index (χ1) is 8.20. The van der Waals surface area contributed by atoms with Crippen LogP contribution in [0, 0.1) is 18.3 Å². The third-order valence-electron chi connectivity index (χ3n) is 2.65. The summed E-state index contributed by atoms with van der Waals surface area (Å²) >= 11 is 0. The maximum Gasteiger partial charge on any atom is 0.127 e. The second kappa shape index (κ2) is 4.71. The minimum atomic E-state index is 0.612. The molecule has 2 aromatic rings. The highest BCUT2D eigenvalue weighted by molar-refractivity contribution is 5.58. The molecular weight excluding hydrogens is 212 g/mol. The van der Waals surface area contributed by atoms with Crippen molar-refractivity contribution in [1.82, 2.24) is 9.55 Å². The van der Waals surface area contributed by atoms with Crippen LogP contribution in [-0.2, 0) is 13.6 Å². The van der Waals surface area contributed by atoms with Crippen molar-refractivity contribution < 1.29 is 0 Å². The van der Waals surface area contributed by atoms with Crippen LogP contribution >= 0.6 is 0 Å². The van der Waals surface area contributed by atoms with E-state index in [0.717, 1.165) is 17.1 Å². The number of imidazole rings is 1. The van der Waals surface area contributed by atoms with E-state index in [2.05, 4.69) is 16.4 Å². The highest BCUT2D eigenvalue weighted by Gasteiger charge is 2.03. The zero-order chi connectivity index (χ0) is 12.3. The predicted octanol–water partition coefficient (Wildman–Crippen LogP) is 2.21. The van der Waals surface area contributed by atoms with Crippen LogP contribution < -0.4 is 5.32 Å². The molecule has 1 heterocycles. The van der Waals surface area contributed by atoms with E-state index in [-0.39, 0.29) is 0 Å². The monoisotopic (exact) mass is 226 g/mol. The van der Waals surface area contributed by atoms with Crippen LogP contribution in [0.1, 0.15) is 17.0 Å². The molecular formula is C13H14N4. The molecule has 0 radical (unpaired) electrons. The first-order valence-corrected chi connectivity index (χ1v) is 5.41. The van der Waals surface area contributed by atoms with Crippen LogP contribution in [0.4, 0.5) is 5.69 Å². The maximum absolute atomic E-state index is 9.04. The van der Waals surface area contributed by atoms with Crippen LogP contribution in [-0.4, -0.2) is 9.55 Å². The lowest BCUT2D eigenvalue weighted by atomic mass is 10.1. The molecule has 0 fully saturated rings. The van der Waals surface area contributed by atoms with Crippen molar-refractivity contribution in [2.45, 2.75) is 13.5 Å². The number of aromatic nitrogens is 2. The second-order valence-corrected chi connectivity index (χ2v) is 3.97. The summed E-state index contributed by atoms with van der Waals surface area (Å²) in [5, 5.41) is 12.3. The van der Waals surface area contributed by atoms with E-state index in [4.69, 9.17) is 5.26 Å². The quantitative estimate of drug-likeness (QED) is 0.873. The number of nitrogens with zero attached hydrogens (tertiary/aromatic N) is 3. The molecule has 1 aromatic heterocycles. The lowest BCUT2D eigenvalue weighted by Crippen LogP contribution is -2.06. The third kappa shape index (κ3) is 2.45. The SMILES string of the molecule is Cc1ccc(NCc2nccn2C)c(C#N)c1. The molecule has 0 spiro atoms. The molecule has 0 saturated heterocycles. The molecule has 0 aliphatic heterocycles. The molecule has 0 aliphatic rings. The van der Waals surface area contributed by atoms with Gasteiger partial charge in [-0.2, -0.15) is 5.26 Å². The van der Waals surface area contributed by atoms with Gasteiger partial charge in [-0.3, -0.25) is 0 Å². The molecule has 4 heteroatoms. The lowest BCUT2D eigenvalue weighted by molar-refractivity contribution is 0.813. The standard InChI is InChI=1S/C13H14N4/c1-10-3-4-12(11(7-10)8-14)16-9-13-15-5-6-17(13)2/h3-7,16H,9H2,1-2H3. The largest absolute Gasteiger partial charge is 0.377 e. The van der Waals surface area contributed by atoms with Crippen molar-refractivity contribution in [3.63, 3.8) is 0 Å². The minimum Gasteiger partial charge on any atom is -0.377 e. The Morgan fingerprint density at radius 3 is 2.94 bits per heavy atom. The Labute approximate surface area is 101 Å². The van der Waals surface area contributed by atoms with E-state index in [1.807, 2.05) is 42.9 Å². The third-order valence-corrected chi connectivity index (χ3v) is 2.65. The van der Waals surface area contributed by atoms with Gasteiger partial charge < -0.3 is 9.88 Å². The summed E-state index contributed by atoms with van der Waals surface area (Å²) in [5.41, 5.74) is 2.60. The molecule has 0 aliphatic carbocycles. The average molecular weight is 226 g/mol. The van der Waals surface area contributed by atoms with Gasteiger partial charge >= 0.3 is 0 Å². The molecule has 2 rings (SSSR count). The molecule has 86 valence electrons. The zero-order valence-electron chi connectivity index (χ0n) is 9.94. The summed E-state index contributed by atoms with van der Waals surface area (Å²) in [6.07, 6.45) is 3.66. The Hall–Kier alpha value is -2.28. The number of hydrogen-bond acceptors (Lipinski definition) is 3. The van der Waals surface area contributed by atoms with E-state index in [0.29, 0.717) is 12.1 Å². The number of nitriles is 1. The Morgan fingerprint density at radius 2 is 2.29 bits per heavy atom. The van der Waals surface area contributed by atoms with Crippen LogP contribution in [0.5, 0.6) is 0 Å². The summed E-state index contributed by atoms with van der Waals surface area (Å²) in [4.78, 5) is 4.22. The van der Waals surface area contributed by atoms with Gasteiger partial charge in [0.25, 0.3) is 0 Å². The zero-order valence-corrected chi connectivity index (χ0v) is 9.94. The Morgan fingerprint density at radius 1 is 1.47 bits per heavy atom. The number of aryl methyl sites for hydroxylation is 2. The van der Waals surface area contributed by atoms with Gasteiger partial charge in [-0.1, -0.05) is 6.07 Å². The van der Waals surface area contributed by atoms with Crippen LogP contribution in [0.15, 0.2) is 30.6 Å². The first-order valence-electron chi connectivity index (χ1n) is 5.41. The topological polar surface area (TPSA) is 53.6 Å². The van der Waals surface area contributed by atoms with Gasteiger partial charge in [-0.05, 0) is 24.6 Å². The molecule has 1 N–H and O–H groups in total. The van der Waals surface area contributed by atoms with Crippen LogP contribution in [0.25, 0.3) is 0 Å². The van der Waals surface area contributed by atoms with Gasteiger partial charge in [0.05, 0.1) is 17.8 Å². The van der Waals surface area contributed by atoms with Gasteiger partial charge in [-0.25, -0.2) is 4.98 Å². The van der Waals surface area contributed by atoms with Crippen LogP contribution in [0.2, 0.25) is 0 Å². The van der Waals surface area contributed by atoms with E-state index < -0.39 is 0 Å². The Kier molecular flexibility index (Phi) is 3.10. The van der Waals surface area contributed by atoms with Crippen molar-refractivity contribution in [3.05, 3.63) is 47.5 Å². The molecule has 17 heavy (non-hydrogen) atoms. The van der Waals surface area contributed by atoms with Gasteiger partial charge in [0.1, 0.15) is 11.9 Å². The molecule has 4 nitrogen and oxygen atoms in total. The number of benzene rings is 1. The normalized spacial score (nSPS) is 9.94. The molecule has 0 atom stereocenters. The summed E-state index contributed by atoms with van der Waals surface area (Å²) in [6.45, 7) is 2.59. The molecule has 0 bridgehead atoms. The molecule has 1 aromatic carbocycles. The summed E-state index contributed by atoms with van der Waals surface area (Å²) in [5.74, 6) is 0.939. The highest BCUT2D eigenvalue weighted by Crippen LogP contribution is 2.16. The smallest absolute Gasteiger partial charge is 0.127 e. The molecule has 0 unspecified atom stereocenters. The van der Waals surface area contributed by atoms with Gasteiger partial charge in [-0.15, -0.1) is 0 Å². The summed E-state index contributed by atoms with van der Waals surface area (Å²) in [6, 6.07) is 7.98. The fourth-order valence-corrected chi connectivity index (χ4v) is 1.65. The number of nitrogens with one attached hydrogen (secondary N) is 1. The predicted molar refractivity (Wildman–Crippen MR) is 66.4 cm³/mol. The van der Waals surface area contributed by atoms with Crippen molar-refractivity contribution in [2.24, 2.45) is 7.05 Å². The number of anilines is 1. The summed E-state index contributed by atoms with van der Waals surface area (Å²) < 4.78 is 1.95. The maximum atomic E-state index is 9.04. The lowest BCUT2D eigenvalue weighted by Gasteiger charge is -2.08. The van der Waals surface area contributed by atoms with E-state index >= 15 is 0 Å². The fraction of sp³-hybridized carbons (Fsp3) is 0.231. The van der Waals surface area contributed by atoms with E-state index in [1.54, 1.807) is 6.20 Å². The van der Waals surface area contributed by atoms with Crippen molar-refractivity contribution in [3.8, 4) is 6.07 Å². The van der Waals surface area contributed by atoms with Crippen molar-refractivity contribution in [1.29, 1.82) is 5.26 Å². The van der Waals surface area contributed by atoms with Gasteiger partial charge in [0.2, 0.25) is 0 Å². The second-order valence-electron chi connectivity index (χ2n) is 3.97. The minimum absolute atomic E-state index is 0.612. The number of rotatable bonds is 3. The Bertz CT molecular complexity index is 563. The number of hydrogen-bond donors (Lipinski definition) is 1. The van der Waals surface area contributed by atoms with E-state index in [1.165, 1.54) is 0 Å². The van der Waals surface area contributed by atoms with Crippen molar-refractivity contribution in [2.75, 3.05) is 5.32 Å².